The molecule has 3 rings (SSSR count). The molecule has 3 nitrogen and oxygen atoms in total. The molecule has 0 aliphatic carbocycles. The zero-order valence-corrected chi connectivity index (χ0v) is 16.9. The van der Waals surface area contributed by atoms with Gasteiger partial charge in [-0.1, -0.05) is 56.3 Å². The smallest absolute Gasteiger partial charge is 0.422 e. The minimum atomic E-state index is -4.35. The Morgan fingerprint density at radius 3 is 2.59 bits per heavy atom. The first-order chi connectivity index (χ1) is 13.8. The fraction of sp³-hybridized carbons (Fsp3) is 0.478. The third-order valence-electron chi connectivity index (χ3n) is 5.31. The molecule has 1 fully saturated rings. The summed E-state index contributed by atoms with van der Waals surface area (Å²) in [5.41, 5.74) is 3.06. The van der Waals surface area contributed by atoms with Crippen molar-refractivity contribution < 1.29 is 17.9 Å². The SMILES string of the molecule is CC(C)c1ccc(OCC(F)(F)F)c(CNC2CCCNC2c2ccccc2)c1. The van der Waals surface area contributed by atoms with Crippen LogP contribution in [0.25, 0.3) is 0 Å². The molecule has 0 spiro atoms. The quantitative estimate of drug-likeness (QED) is 0.652. The van der Waals surface area contributed by atoms with Crippen LogP contribution in [0.3, 0.4) is 0 Å². The van der Waals surface area contributed by atoms with Crippen LogP contribution in [0.4, 0.5) is 13.2 Å². The number of hydrogen-bond donors (Lipinski definition) is 2. The van der Waals surface area contributed by atoms with Gasteiger partial charge in [-0.25, -0.2) is 0 Å². The average molecular weight is 406 g/mol. The summed E-state index contributed by atoms with van der Waals surface area (Å²) in [6.45, 7) is 4.28. The standard InChI is InChI=1S/C23H29F3N2O/c1-16(2)18-10-11-21(29-15-23(24,25)26)19(13-18)14-28-20-9-6-12-27-22(20)17-7-4-3-5-8-17/h3-5,7-8,10-11,13,16,20,22,27-28H,6,9,12,14-15H2,1-2H3. The van der Waals surface area contributed by atoms with Crippen molar-refractivity contribution in [1.29, 1.82) is 0 Å². The molecule has 2 aromatic rings. The van der Waals surface area contributed by atoms with Crippen LogP contribution in [0, 0.1) is 0 Å². The first kappa shape index (κ1) is 21.7. The van der Waals surface area contributed by atoms with Crippen molar-refractivity contribution >= 4 is 0 Å². The second-order valence-corrected chi connectivity index (χ2v) is 7.90. The number of hydrogen-bond acceptors (Lipinski definition) is 3. The van der Waals surface area contributed by atoms with Crippen LogP contribution in [0.1, 0.15) is 55.3 Å². The molecule has 2 aromatic carbocycles. The van der Waals surface area contributed by atoms with Crippen molar-refractivity contribution in [3.05, 3.63) is 65.2 Å². The molecule has 0 radical (unpaired) electrons. The van der Waals surface area contributed by atoms with Gasteiger partial charge in [-0.2, -0.15) is 13.2 Å². The fourth-order valence-corrected chi connectivity index (χ4v) is 3.76. The van der Waals surface area contributed by atoms with E-state index in [-0.39, 0.29) is 12.1 Å². The molecule has 29 heavy (non-hydrogen) atoms. The highest BCUT2D eigenvalue weighted by atomic mass is 19.4. The zero-order chi connectivity index (χ0) is 20.9. The number of piperidine rings is 1. The maximum absolute atomic E-state index is 12.6. The minimum absolute atomic E-state index is 0.178. The highest BCUT2D eigenvalue weighted by Crippen LogP contribution is 2.28. The lowest BCUT2D eigenvalue weighted by molar-refractivity contribution is -0.153. The minimum Gasteiger partial charge on any atom is -0.484 e. The maximum atomic E-state index is 12.6. The lowest BCUT2D eigenvalue weighted by atomic mass is 9.92. The van der Waals surface area contributed by atoms with E-state index in [9.17, 15) is 13.2 Å². The Hall–Kier alpha value is -2.05. The van der Waals surface area contributed by atoms with Gasteiger partial charge in [0.25, 0.3) is 0 Å². The van der Waals surface area contributed by atoms with E-state index < -0.39 is 12.8 Å². The van der Waals surface area contributed by atoms with E-state index in [1.54, 1.807) is 6.07 Å². The van der Waals surface area contributed by atoms with Gasteiger partial charge >= 0.3 is 6.18 Å². The molecule has 2 atom stereocenters. The molecular weight excluding hydrogens is 377 g/mol. The maximum Gasteiger partial charge on any atom is 0.422 e. The molecular formula is C23H29F3N2O. The number of nitrogens with one attached hydrogen (secondary N) is 2. The molecule has 0 aromatic heterocycles. The molecule has 6 heteroatoms. The van der Waals surface area contributed by atoms with Gasteiger partial charge in [-0.3, -0.25) is 0 Å². The molecule has 0 saturated carbocycles. The molecule has 2 unspecified atom stereocenters. The van der Waals surface area contributed by atoms with Crippen LogP contribution in [0.2, 0.25) is 0 Å². The Kier molecular flexibility index (Phi) is 7.19. The molecule has 1 aliphatic rings. The monoisotopic (exact) mass is 406 g/mol. The van der Waals surface area contributed by atoms with E-state index in [4.69, 9.17) is 4.74 Å². The van der Waals surface area contributed by atoms with E-state index in [0.29, 0.717) is 18.2 Å². The van der Waals surface area contributed by atoms with Gasteiger partial charge in [0.05, 0.1) is 0 Å². The van der Waals surface area contributed by atoms with Crippen molar-refractivity contribution in [2.45, 2.75) is 57.4 Å². The van der Waals surface area contributed by atoms with Gasteiger partial charge in [0.2, 0.25) is 0 Å². The van der Waals surface area contributed by atoms with Crippen molar-refractivity contribution in [3.8, 4) is 5.75 Å². The highest BCUT2D eigenvalue weighted by Gasteiger charge is 2.29. The summed E-state index contributed by atoms with van der Waals surface area (Å²) < 4.78 is 43.0. The third kappa shape index (κ3) is 6.21. The van der Waals surface area contributed by atoms with Crippen LogP contribution in [-0.4, -0.2) is 25.4 Å². The predicted octanol–water partition coefficient (Wildman–Crippen LogP) is 5.33. The fourth-order valence-electron chi connectivity index (χ4n) is 3.76. The molecule has 1 heterocycles. The van der Waals surface area contributed by atoms with E-state index >= 15 is 0 Å². The van der Waals surface area contributed by atoms with Crippen molar-refractivity contribution in [2.24, 2.45) is 0 Å². The van der Waals surface area contributed by atoms with E-state index in [1.165, 1.54) is 5.56 Å². The summed E-state index contributed by atoms with van der Waals surface area (Å²) in [7, 11) is 0. The molecule has 0 bridgehead atoms. The molecule has 1 aliphatic heterocycles. The van der Waals surface area contributed by atoms with Gasteiger partial charge in [0, 0.05) is 24.2 Å². The third-order valence-corrected chi connectivity index (χ3v) is 5.31. The summed E-state index contributed by atoms with van der Waals surface area (Å²) >= 11 is 0. The molecule has 158 valence electrons. The number of halogens is 3. The van der Waals surface area contributed by atoms with Gasteiger partial charge in [-0.15, -0.1) is 0 Å². The first-order valence-corrected chi connectivity index (χ1v) is 10.2. The Labute approximate surface area is 170 Å². The molecule has 2 N–H and O–H groups in total. The summed E-state index contributed by atoms with van der Waals surface area (Å²) in [6.07, 6.45) is -2.28. The lowest BCUT2D eigenvalue weighted by Crippen LogP contribution is -2.45. The number of ether oxygens (including phenoxy) is 1. The van der Waals surface area contributed by atoms with Crippen LogP contribution in [0.5, 0.6) is 5.75 Å². The lowest BCUT2D eigenvalue weighted by Gasteiger charge is -2.34. The summed E-state index contributed by atoms with van der Waals surface area (Å²) in [5.74, 6) is 0.582. The summed E-state index contributed by atoms with van der Waals surface area (Å²) in [6, 6.07) is 16.1. The predicted molar refractivity (Wildman–Crippen MR) is 109 cm³/mol. The van der Waals surface area contributed by atoms with Crippen LogP contribution < -0.4 is 15.4 Å². The Morgan fingerprint density at radius 2 is 1.90 bits per heavy atom. The van der Waals surface area contributed by atoms with E-state index in [2.05, 4.69) is 36.6 Å². The Bertz CT molecular complexity index is 777. The zero-order valence-electron chi connectivity index (χ0n) is 16.9. The van der Waals surface area contributed by atoms with E-state index in [0.717, 1.165) is 30.5 Å². The van der Waals surface area contributed by atoms with Gasteiger partial charge < -0.3 is 15.4 Å². The molecule has 0 amide bonds. The largest absolute Gasteiger partial charge is 0.484 e. The Morgan fingerprint density at radius 1 is 1.14 bits per heavy atom. The normalized spacial score (nSPS) is 20.1. The summed E-state index contributed by atoms with van der Waals surface area (Å²) in [5, 5.41) is 7.13. The van der Waals surface area contributed by atoms with Crippen molar-refractivity contribution in [1.82, 2.24) is 10.6 Å². The second kappa shape index (κ2) is 9.63. The van der Waals surface area contributed by atoms with Gasteiger partial charge in [0.1, 0.15) is 5.75 Å². The molecule has 1 saturated heterocycles. The topological polar surface area (TPSA) is 33.3 Å². The number of alkyl halides is 3. The number of rotatable bonds is 7. The van der Waals surface area contributed by atoms with Gasteiger partial charge in [0.15, 0.2) is 6.61 Å². The Balaban J connectivity index is 1.75. The highest BCUT2D eigenvalue weighted by molar-refractivity contribution is 5.38. The second-order valence-electron chi connectivity index (χ2n) is 7.90. The van der Waals surface area contributed by atoms with Crippen LogP contribution in [-0.2, 0) is 6.54 Å². The summed E-state index contributed by atoms with van der Waals surface area (Å²) in [4.78, 5) is 0. The average Bonchev–Trinajstić information content (AvgIpc) is 2.71. The van der Waals surface area contributed by atoms with Crippen LogP contribution >= 0.6 is 0 Å². The first-order valence-electron chi connectivity index (χ1n) is 10.2. The van der Waals surface area contributed by atoms with E-state index in [1.807, 2.05) is 30.3 Å². The van der Waals surface area contributed by atoms with Crippen molar-refractivity contribution in [3.63, 3.8) is 0 Å². The van der Waals surface area contributed by atoms with Crippen LogP contribution in [0.15, 0.2) is 48.5 Å². The van der Waals surface area contributed by atoms with Gasteiger partial charge in [-0.05, 0) is 42.5 Å². The van der Waals surface area contributed by atoms with Crippen molar-refractivity contribution in [2.75, 3.05) is 13.2 Å². The number of benzene rings is 2.